The zero-order chi connectivity index (χ0) is 19.5. The standard InChI is InChI=1S/C18H23NO7/c1-3-25-15(21)11-13(18(24)26-4-2)16(17(22)23)19-14(20)10-12-8-6-5-7-9-12/h5-9,13,16H,3-4,10-11H2,1-2H3,(H,19,20)(H,22,23)/t13-,16+/m0/s1. The molecule has 1 amide bonds. The van der Waals surface area contributed by atoms with E-state index in [1.54, 1.807) is 44.2 Å². The Balaban J connectivity index is 2.91. The predicted octanol–water partition coefficient (Wildman–Crippen LogP) is 0.931. The minimum Gasteiger partial charge on any atom is -0.480 e. The summed E-state index contributed by atoms with van der Waals surface area (Å²) < 4.78 is 9.63. The van der Waals surface area contributed by atoms with Gasteiger partial charge in [0.2, 0.25) is 5.91 Å². The van der Waals surface area contributed by atoms with Crippen molar-refractivity contribution in [2.45, 2.75) is 32.7 Å². The summed E-state index contributed by atoms with van der Waals surface area (Å²) in [5, 5.41) is 11.7. The van der Waals surface area contributed by atoms with Crippen LogP contribution in [0.3, 0.4) is 0 Å². The highest BCUT2D eigenvalue weighted by atomic mass is 16.5. The van der Waals surface area contributed by atoms with Gasteiger partial charge in [-0.05, 0) is 19.4 Å². The lowest BCUT2D eigenvalue weighted by atomic mass is 9.95. The molecule has 2 N–H and O–H groups in total. The Morgan fingerprint density at radius 3 is 2.19 bits per heavy atom. The van der Waals surface area contributed by atoms with E-state index in [9.17, 15) is 24.3 Å². The molecule has 1 aromatic rings. The number of nitrogens with one attached hydrogen (secondary N) is 1. The van der Waals surface area contributed by atoms with Crippen LogP contribution in [0.15, 0.2) is 30.3 Å². The van der Waals surface area contributed by atoms with E-state index in [-0.39, 0.29) is 19.6 Å². The maximum absolute atomic E-state index is 12.2. The molecule has 0 aromatic heterocycles. The van der Waals surface area contributed by atoms with Crippen molar-refractivity contribution in [1.29, 1.82) is 0 Å². The molecule has 0 spiro atoms. The van der Waals surface area contributed by atoms with Crippen LogP contribution in [0.5, 0.6) is 0 Å². The summed E-state index contributed by atoms with van der Waals surface area (Å²) in [6, 6.07) is 7.12. The van der Waals surface area contributed by atoms with E-state index in [1.165, 1.54) is 0 Å². The first-order chi connectivity index (χ1) is 12.4. The Kier molecular flexibility index (Phi) is 8.83. The molecule has 0 saturated carbocycles. The molecular weight excluding hydrogens is 342 g/mol. The van der Waals surface area contributed by atoms with Crippen LogP contribution < -0.4 is 5.32 Å². The molecule has 0 aliphatic heterocycles. The second kappa shape index (κ2) is 10.9. The van der Waals surface area contributed by atoms with Crippen molar-refractivity contribution in [3.05, 3.63) is 35.9 Å². The molecule has 8 heteroatoms. The Morgan fingerprint density at radius 1 is 1.04 bits per heavy atom. The van der Waals surface area contributed by atoms with E-state index in [1.807, 2.05) is 0 Å². The Labute approximate surface area is 151 Å². The maximum atomic E-state index is 12.2. The first kappa shape index (κ1) is 21.1. The number of benzene rings is 1. The van der Waals surface area contributed by atoms with E-state index >= 15 is 0 Å². The van der Waals surface area contributed by atoms with Crippen molar-refractivity contribution in [3.63, 3.8) is 0 Å². The molecule has 0 unspecified atom stereocenters. The Morgan fingerprint density at radius 2 is 1.65 bits per heavy atom. The molecule has 1 rings (SSSR count). The van der Waals surface area contributed by atoms with Gasteiger partial charge in [-0.25, -0.2) is 4.79 Å². The van der Waals surface area contributed by atoms with Crippen molar-refractivity contribution < 1.29 is 33.8 Å². The minimum absolute atomic E-state index is 0.0163. The van der Waals surface area contributed by atoms with Gasteiger partial charge in [-0.2, -0.15) is 0 Å². The van der Waals surface area contributed by atoms with Gasteiger partial charge in [-0.1, -0.05) is 30.3 Å². The van der Waals surface area contributed by atoms with Crippen LogP contribution in [0.1, 0.15) is 25.8 Å². The molecule has 0 aliphatic carbocycles. The van der Waals surface area contributed by atoms with Crippen LogP contribution in [0.25, 0.3) is 0 Å². The Bertz CT molecular complexity index is 630. The highest BCUT2D eigenvalue weighted by Gasteiger charge is 2.38. The van der Waals surface area contributed by atoms with E-state index in [4.69, 9.17) is 9.47 Å². The summed E-state index contributed by atoms with van der Waals surface area (Å²) in [7, 11) is 0. The highest BCUT2D eigenvalue weighted by molar-refractivity contribution is 5.91. The molecule has 142 valence electrons. The van der Waals surface area contributed by atoms with Crippen molar-refractivity contribution in [2.24, 2.45) is 5.92 Å². The molecule has 0 fully saturated rings. The minimum atomic E-state index is -1.60. The van der Waals surface area contributed by atoms with Gasteiger partial charge in [0.1, 0.15) is 6.04 Å². The number of carbonyl (C=O) groups is 4. The van der Waals surface area contributed by atoms with Crippen molar-refractivity contribution in [2.75, 3.05) is 13.2 Å². The number of carboxylic acid groups (broad SMARTS) is 1. The molecule has 26 heavy (non-hydrogen) atoms. The first-order valence-electron chi connectivity index (χ1n) is 8.27. The molecular formula is C18H23NO7. The van der Waals surface area contributed by atoms with Crippen LogP contribution in [-0.4, -0.2) is 48.2 Å². The zero-order valence-electron chi connectivity index (χ0n) is 14.8. The van der Waals surface area contributed by atoms with Gasteiger partial charge < -0.3 is 19.9 Å². The van der Waals surface area contributed by atoms with Crippen LogP contribution in [0.4, 0.5) is 0 Å². The van der Waals surface area contributed by atoms with Gasteiger partial charge in [-0.3, -0.25) is 14.4 Å². The summed E-state index contributed by atoms with van der Waals surface area (Å²) >= 11 is 0. The molecule has 0 saturated heterocycles. The number of hydrogen-bond donors (Lipinski definition) is 2. The number of aliphatic carboxylic acids is 1. The second-order valence-corrected chi connectivity index (χ2v) is 5.41. The summed E-state index contributed by atoms with van der Waals surface area (Å²) in [6.45, 7) is 3.26. The van der Waals surface area contributed by atoms with E-state index in [0.29, 0.717) is 5.56 Å². The number of carboxylic acids is 1. The Hall–Kier alpha value is -2.90. The van der Waals surface area contributed by atoms with E-state index in [2.05, 4.69) is 5.32 Å². The first-order valence-corrected chi connectivity index (χ1v) is 8.27. The van der Waals surface area contributed by atoms with Crippen LogP contribution in [0.2, 0.25) is 0 Å². The fraction of sp³-hybridized carbons (Fsp3) is 0.444. The van der Waals surface area contributed by atoms with Crippen molar-refractivity contribution >= 4 is 23.8 Å². The van der Waals surface area contributed by atoms with Gasteiger partial charge in [0.25, 0.3) is 0 Å². The SMILES string of the molecule is CCOC(=O)C[C@H](C(=O)OCC)[C@@H](NC(=O)Cc1ccccc1)C(=O)O. The van der Waals surface area contributed by atoms with Gasteiger partial charge in [-0.15, -0.1) is 0 Å². The average molecular weight is 365 g/mol. The quantitative estimate of drug-likeness (QED) is 0.592. The molecule has 0 bridgehead atoms. The highest BCUT2D eigenvalue weighted by Crippen LogP contribution is 2.14. The smallest absolute Gasteiger partial charge is 0.327 e. The number of esters is 2. The number of ether oxygens (including phenoxy) is 2. The van der Waals surface area contributed by atoms with Gasteiger partial charge in [0.15, 0.2) is 0 Å². The van der Waals surface area contributed by atoms with Crippen LogP contribution >= 0.6 is 0 Å². The molecule has 0 aliphatic rings. The molecule has 0 heterocycles. The van der Waals surface area contributed by atoms with Gasteiger partial charge in [0.05, 0.1) is 32.0 Å². The van der Waals surface area contributed by atoms with E-state index in [0.717, 1.165) is 0 Å². The van der Waals surface area contributed by atoms with Crippen molar-refractivity contribution in [3.8, 4) is 0 Å². The third kappa shape index (κ3) is 6.92. The summed E-state index contributed by atoms with van der Waals surface area (Å²) in [4.78, 5) is 47.6. The lowest BCUT2D eigenvalue weighted by molar-refractivity contribution is -0.160. The number of rotatable bonds is 10. The number of hydrogen-bond acceptors (Lipinski definition) is 6. The average Bonchev–Trinajstić information content (AvgIpc) is 2.59. The molecule has 0 radical (unpaired) electrons. The van der Waals surface area contributed by atoms with Gasteiger partial charge in [0, 0.05) is 0 Å². The third-order valence-electron chi connectivity index (χ3n) is 3.47. The lowest BCUT2D eigenvalue weighted by Gasteiger charge is -2.22. The topological polar surface area (TPSA) is 119 Å². The fourth-order valence-electron chi connectivity index (χ4n) is 2.33. The number of carbonyl (C=O) groups excluding carboxylic acids is 3. The lowest BCUT2D eigenvalue weighted by Crippen LogP contribution is -2.50. The maximum Gasteiger partial charge on any atom is 0.327 e. The van der Waals surface area contributed by atoms with E-state index < -0.39 is 42.2 Å². The second-order valence-electron chi connectivity index (χ2n) is 5.41. The predicted molar refractivity (Wildman–Crippen MR) is 91.1 cm³/mol. The monoisotopic (exact) mass is 365 g/mol. The summed E-state index contributed by atoms with van der Waals surface area (Å²) in [6.07, 6.45) is -0.561. The fourth-order valence-corrected chi connectivity index (χ4v) is 2.33. The van der Waals surface area contributed by atoms with Gasteiger partial charge >= 0.3 is 17.9 Å². The van der Waals surface area contributed by atoms with Crippen LogP contribution in [0, 0.1) is 5.92 Å². The molecule has 8 nitrogen and oxygen atoms in total. The van der Waals surface area contributed by atoms with Crippen LogP contribution in [-0.2, 0) is 35.1 Å². The zero-order valence-corrected chi connectivity index (χ0v) is 14.8. The summed E-state index contributed by atoms with van der Waals surface area (Å²) in [5.41, 5.74) is 0.687. The third-order valence-corrected chi connectivity index (χ3v) is 3.47. The molecule has 2 atom stereocenters. The number of amides is 1. The molecule has 1 aromatic carbocycles. The largest absolute Gasteiger partial charge is 0.480 e. The van der Waals surface area contributed by atoms with Crippen molar-refractivity contribution in [1.82, 2.24) is 5.32 Å². The normalized spacial score (nSPS) is 12.5. The summed E-state index contributed by atoms with van der Waals surface area (Å²) in [5.74, 6) is -5.02.